The molecule has 20 heavy (non-hydrogen) atoms. The normalized spacial score (nSPS) is 12.6. The molecule has 0 spiro atoms. The van der Waals surface area contributed by atoms with Gasteiger partial charge in [0.1, 0.15) is 0 Å². The SMILES string of the molecule is CCCCCCCOCC(NC)c1cc(C)cc(C)c1. The first kappa shape index (κ1) is 17.2. The Morgan fingerprint density at radius 3 is 2.25 bits per heavy atom. The van der Waals surface area contributed by atoms with Crippen molar-refractivity contribution in [2.24, 2.45) is 0 Å². The Labute approximate surface area is 124 Å². The van der Waals surface area contributed by atoms with Gasteiger partial charge in [0, 0.05) is 6.61 Å². The average Bonchev–Trinajstić information content (AvgIpc) is 2.41. The summed E-state index contributed by atoms with van der Waals surface area (Å²) in [7, 11) is 2.01. The molecule has 0 aliphatic carbocycles. The van der Waals surface area contributed by atoms with Crippen LogP contribution in [0.15, 0.2) is 18.2 Å². The number of nitrogens with one attached hydrogen (secondary N) is 1. The summed E-state index contributed by atoms with van der Waals surface area (Å²) in [5, 5.41) is 3.36. The van der Waals surface area contributed by atoms with Gasteiger partial charge in [-0.25, -0.2) is 0 Å². The summed E-state index contributed by atoms with van der Waals surface area (Å²) < 4.78 is 5.84. The van der Waals surface area contributed by atoms with Gasteiger partial charge < -0.3 is 10.1 Å². The molecule has 0 heterocycles. The minimum absolute atomic E-state index is 0.296. The van der Waals surface area contributed by atoms with Gasteiger partial charge in [-0.1, -0.05) is 61.9 Å². The fraction of sp³-hybridized carbons (Fsp3) is 0.667. The molecule has 1 rings (SSSR count). The van der Waals surface area contributed by atoms with E-state index in [1.54, 1.807) is 0 Å². The van der Waals surface area contributed by atoms with Crippen LogP contribution >= 0.6 is 0 Å². The number of hydrogen-bond donors (Lipinski definition) is 1. The fourth-order valence-electron chi connectivity index (χ4n) is 2.57. The van der Waals surface area contributed by atoms with Crippen molar-refractivity contribution in [2.75, 3.05) is 20.3 Å². The zero-order valence-electron chi connectivity index (χ0n) is 13.7. The van der Waals surface area contributed by atoms with Crippen LogP contribution in [0.5, 0.6) is 0 Å². The van der Waals surface area contributed by atoms with Crippen molar-refractivity contribution in [3.8, 4) is 0 Å². The van der Waals surface area contributed by atoms with Gasteiger partial charge in [-0.05, 0) is 32.9 Å². The molecule has 114 valence electrons. The van der Waals surface area contributed by atoms with Crippen LogP contribution in [0, 0.1) is 13.8 Å². The molecule has 1 aromatic rings. The average molecular weight is 277 g/mol. The van der Waals surface area contributed by atoms with Crippen LogP contribution in [0.1, 0.15) is 61.8 Å². The summed E-state index contributed by atoms with van der Waals surface area (Å²) in [5.41, 5.74) is 3.97. The topological polar surface area (TPSA) is 21.3 Å². The number of aryl methyl sites for hydroxylation is 2. The number of benzene rings is 1. The van der Waals surface area contributed by atoms with E-state index in [0.29, 0.717) is 6.04 Å². The van der Waals surface area contributed by atoms with E-state index in [2.05, 4.69) is 44.3 Å². The second-order valence-corrected chi connectivity index (χ2v) is 5.75. The molecule has 0 radical (unpaired) electrons. The van der Waals surface area contributed by atoms with Crippen LogP contribution < -0.4 is 5.32 Å². The molecule has 0 bridgehead atoms. The van der Waals surface area contributed by atoms with Crippen LogP contribution in [0.3, 0.4) is 0 Å². The third-order valence-corrected chi connectivity index (χ3v) is 3.67. The minimum Gasteiger partial charge on any atom is -0.379 e. The Balaban J connectivity index is 2.32. The van der Waals surface area contributed by atoms with E-state index in [4.69, 9.17) is 4.74 Å². The molecule has 2 nitrogen and oxygen atoms in total. The van der Waals surface area contributed by atoms with Gasteiger partial charge in [0.2, 0.25) is 0 Å². The summed E-state index contributed by atoms with van der Waals surface area (Å²) in [6.45, 7) is 8.19. The zero-order chi connectivity index (χ0) is 14.8. The molecule has 0 fully saturated rings. The molecule has 1 N–H and O–H groups in total. The molecule has 0 saturated carbocycles. The maximum absolute atomic E-state index is 5.84. The maximum Gasteiger partial charge on any atom is 0.0661 e. The smallest absolute Gasteiger partial charge is 0.0661 e. The van der Waals surface area contributed by atoms with E-state index in [1.807, 2.05) is 7.05 Å². The Hall–Kier alpha value is -0.860. The highest BCUT2D eigenvalue weighted by Crippen LogP contribution is 2.17. The van der Waals surface area contributed by atoms with E-state index in [1.165, 1.54) is 48.8 Å². The lowest BCUT2D eigenvalue weighted by Crippen LogP contribution is -2.22. The summed E-state index contributed by atoms with van der Waals surface area (Å²) in [6.07, 6.45) is 6.47. The Morgan fingerprint density at radius 1 is 1.00 bits per heavy atom. The molecule has 0 saturated heterocycles. The highest BCUT2D eigenvalue weighted by molar-refractivity contribution is 5.30. The Bertz CT molecular complexity index is 355. The first-order chi connectivity index (χ1) is 9.67. The first-order valence-electron chi connectivity index (χ1n) is 8.00. The number of hydrogen-bond acceptors (Lipinski definition) is 2. The largest absolute Gasteiger partial charge is 0.379 e. The molecule has 1 unspecified atom stereocenters. The summed E-state index contributed by atoms with van der Waals surface area (Å²) >= 11 is 0. The van der Waals surface area contributed by atoms with Crippen LogP contribution in [0.4, 0.5) is 0 Å². The van der Waals surface area contributed by atoms with Gasteiger partial charge in [-0.3, -0.25) is 0 Å². The van der Waals surface area contributed by atoms with E-state index in [-0.39, 0.29) is 0 Å². The van der Waals surface area contributed by atoms with Crippen molar-refractivity contribution in [3.63, 3.8) is 0 Å². The number of rotatable bonds is 10. The van der Waals surface area contributed by atoms with Crippen molar-refractivity contribution >= 4 is 0 Å². The first-order valence-corrected chi connectivity index (χ1v) is 8.00. The van der Waals surface area contributed by atoms with Gasteiger partial charge in [-0.15, -0.1) is 0 Å². The molecule has 0 aliphatic rings. The monoisotopic (exact) mass is 277 g/mol. The van der Waals surface area contributed by atoms with Crippen molar-refractivity contribution < 1.29 is 4.74 Å². The second kappa shape index (κ2) is 9.95. The van der Waals surface area contributed by atoms with E-state index in [0.717, 1.165) is 13.2 Å². The van der Waals surface area contributed by atoms with Crippen molar-refractivity contribution in [3.05, 3.63) is 34.9 Å². The Morgan fingerprint density at radius 2 is 1.65 bits per heavy atom. The zero-order valence-corrected chi connectivity index (χ0v) is 13.7. The van der Waals surface area contributed by atoms with E-state index in [9.17, 15) is 0 Å². The quantitative estimate of drug-likeness (QED) is 0.633. The van der Waals surface area contributed by atoms with Gasteiger partial charge in [0.25, 0.3) is 0 Å². The predicted octanol–water partition coefficient (Wildman–Crippen LogP) is 4.55. The molecule has 1 aromatic carbocycles. The number of unbranched alkanes of at least 4 members (excludes halogenated alkanes) is 4. The molecular weight excluding hydrogens is 246 g/mol. The van der Waals surface area contributed by atoms with Crippen molar-refractivity contribution in [2.45, 2.75) is 58.9 Å². The van der Waals surface area contributed by atoms with Gasteiger partial charge >= 0.3 is 0 Å². The highest BCUT2D eigenvalue weighted by atomic mass is 16.5. The molecular formula is C18H31NO. The fourth-order valence-corrected chi connectivity index (χ4v) is 2.57. The Kier molecular flexibility index (Phi) is 8.56. The molecule has 0 amide bonds. The highest BCUT2D eigenvalue weighted by Gasteiger charge is 2.10. The standard InChI is InChI=1S/C18H31NO/c1-5-6-7-8-9-10-20-14-18(19-4)17-12-15(2)11-16(3)13-17/h11-13,18-19H,5-10,14H2,1-4H3. The lowest BCUT2D eigenvalue weighted by molar-refractivity contribution is 0.110. The van der Waals surface area contributed by atoms with E-state index < -0.39 is 0 Å². The summed E-state index contributed by atoms with van der Waals surface area (Å²) in [6, 6.07) is 7.01. The van der Waals surface area contributed by atoms with E-state index >= 15 is 0 Å². The molecule has 0 aliphatic heterocycles. The number of likely N-dealkylation sites (N-methyl/N-ethyl adjacent to an activating group) is 1. The lowest BCUT2D eigenvalue weighted by Gasteiger charge is -2.18. The second-order valence-electron chi connectivity index (χ2n) is 5.75. The summed E-state index contributed by atoms with van der Waals surface area (Å²) in [4.78, 5) is 0. The van der Waals surface area contributed by atoms with Crippen LogP contribution in [0.2, 0.25) is 0 Å². The maximum atomic E-state index is 5.84. The van der Waals surface area contributed by atoms with Crippen LogP contribution in [0.25, 0.3) is 0 Å². The molecule has 1 atom stereocenters. The van der Waals surface area contributed by atoms with Gasteiger partial charge in [-0.2, -0.15) is 0 Å². The third kappa shape index (κ3) is 6.53. The van der Waals surface area contributed by atoms with Gasteiger partial charge in [0.05, 0.1) is 12.6 Å². The lowest BCUT2D eigenvalue weighted by atomic mass is 10.0. The van der Waals surface area contributed by atoms with Crippen LogP contribution in [-0.4, -0.2) is 20.3 Å². The van der Waals surface area contributed by atoms with Crippen molar-refractivity contribution in [1.82, 2.24) is 5.32 Å². The summed E-state index contributed by atoms with van der Waals surface area (Å²) in [5.74, 6) is 0. The van der Waals surface area contributed by atoms with Gasteiger partial charge in [0.15, 0.2) is 0 Å². The predicted molar refractivity (Wildman–Crippen MR) is 87.3 cm³/mol. The minimum atomic E-state index is 0.296. The van der Waals surface area contributed by atoms with Crippen molar-refractivity contribution in [1.29, 1.82) is 0 Å². The number of ether oxygens (including phenoxy) is 1. The van der Waals surface area contributed by atoms with Crippen LogP contribution in [-0.2, 0) is 4.74 Å². The molecule has 2 heteroatoms. The molecule has 0 aromatic heterocycles. The third-order valence-electron chi connectivity index (χ3n) is 3.67.